The first-order valence-corrected chi connectivity index (χ1v) is 12.9. The van der Waals surface area contributed by atoms with E-state index in [1.165, 1.54) is 12.0 Å². The fraction of sp³-hybridized carbons (Fsp3) is 0.393. The summed E-state index contributed by atoms with van der Waals surface area (Å²) in [5.41, 5.74) is 1.13. The van der Waals surface area contributed by atoms with Crippen molar-refractivity contribution in [3.05, 3.63) is 40.8 Å². The van der Waals surface area contributed by atoms with E-state index in [4.69, 9.17) is 23.7 Å². The Hall–Kier alpha value is -4.25. The lowest BCUT2D eigenvalue weighted by Crippen LogP contribution is -2.39. The van der Waals surface area contributed by atoms with Crippen molar-refractivity contribution in [2.45, 2.75) is 25.5 Å². The molecule has 11 nitrogen and oxygen atoms in total. The number of nitrogens with zero attached hydrogens (tertiary/aromatic N) is 3. The summed E-state index contributed by atoms with van der Waals surface area (Å²) in [5.74, 6) is 2.16. The minimum atomic E-state index is -0.402. The lowest BCUT2D eigenvalue weighted by molar-refractivity contribution is 0.0539. The molecule has 6 rings (SSSR count). The second kappa shape index (κ2) is 10.1. The third-order valence-corrected chi connectivity index (χ3v) is 7.42. The fourth-order valence-corrected chi connectivity index (χ4v) is 5.28. The number of pyridine rings is 2. The van der Waals surface area contributed by atoms with Crippen LogP contribution in [0.4, 0.5) is 4.79 Å². The highest BCUT2D eigenvalue weighted by Gasteiger charge is 2.23. The minimum Gasteiger partial charge on any atom is -0.493 e. The van der Waals surface area contributed by atoms with E-state index >= 15 is 0 Å². The van der Waals surface area contributed by atoms with Gasteiger partial charge >= 0.3 is 6.09 Å². The summed E-state index contributed by atoms with van der Waals surface area (Å²) in [6.07, 6.45) is 2.82. The van der Waals surface area contributed by atoms with Gasteiger partial charge in [0.15, 0.2) is 23.0 Å². The van der Waals surface area contributed by atoms with Crippen LogP contribution in [0.1, 0.15) is 12.8 Å². The Kier molecular flexibility index (Phi) is 6.51. The van der Waals surface area contributed by atoms with Crippen LogP contribution in [0.3, 0.4) is 0 Å². The number of carbonyl (C=O) groups is 1. The van der Waals surface area contributed by atoms with E-state index in [0.717, 1.165) is 36.7 Å². The molecule has 2 aromatic carbocycles. The minimum absolute atomic E-state index is 0.104. The van der Waals surface area contributed by atoms with Crippen molar-refractivity contribution in [3.63, 3.8) is 0 Å². The molecule has 0 bridgehead atoms. The van der Waals surface area contributed by atoms with E-state index < -0.39 is 6.09 Å². The highest BCUT2D eigenvalue weighted by atomic mass is 16.7. The van der Waals surface area contributed by atoms with Crippen LogP contribution in [0, 0.1) is 0 Å². The Balaban J connectivity index is 1.47. The molecular weight excluding hydrogens is 504 g/mol. The highest BCUT2D eigenvalue weighted by Crippen LogP contribution is 2.40. The van der Waals surface area contributed by atoms with Crippen LogP contribution in [0.15, 0.2) is 35.3 Å². The maximum Gasteiger partial charge on any atom is 0.409 e. The van der Waals surface area contributed by atoms with Crippen molar-refractivity contribution in [2.75, 3.05) is 47.7 Å². The topological polar surface area (TPSA) is 113 Å². The van der Waals surface area contributed by atoms with Crippen LogP contribution in [0.5, 0.6) is 23.0 Å². The second-order valence-electron chi connectivity index (χ2n) is 9.71. The molecule has 0 atom stereocenters. The van der Waals surface area contributed by atoms with Gasteiger partial charge in [0.1, 0.15) is 6.10 Å². The molecule has 0 aliphatic carbocycles. The summed E-state index contributed by atoms with van der Waals surface area (Å²) >= 11 is 0. The van der Waals surface area contributed by atoms with Crippen molar-refractivity contribution >= 4 is 38.7 Å². The van der Waals surface area contributed by atoms with Crippen molar-refractivity contribution in [1.82, 2.24) is 19.8 Å². The standard InChI is InChI=1S/C28H30N4O7/c1-31(28(34)39-16-4-6-29-7-5-16)8-9-32-26-19-12-24-25(38-15-37-24)13-21(19)30-14-20(26)17-10-22(35-2)23(36-3)11-18(17)27(32)33/h10-14,16,29H,4-9,15H2,1-3H3. The number of ether oxygens (including phenoxy) is 5. The number of rotatable bonds is 6. The zero-order chi connectivity index (χ0) is 27.1. The monoisotopic (exact) mass is 534 g/mol. The van der Waals surface area contributed by atoms with Crippen LogP contribution < -0.4 is 29.8 Å². The van der Waals surface area contributed by atoms with Crippen LogP contribution in [0.2, 0.25) is 0 Å². The zero-order valence-electron chi connectivity index (χ0n) is 22.1. The number of aromatic nitrogens is 2. The Morgan fingerprint density at radius 2 is 1.72 bits per heavy atom. The first kappa shape index (κ1) is 25.1. The number of hydrogen-bond donors (Lipinski definition) is 1. The SMILES string of the molecule is COc1cc2c(=O)n(CCN(C)C(=O)OC3CCNCC3)c3c4cc5c(cc4ncc3c2cc1OC)OCO5. The Morgan fingerprint density at radius 3 is 2.44 bits per heavy atom. The molecule has 39 heavy (non-hydrogen) atoms. The summed E-state index contributed by atoms with van der Waals surface area (Å²) in [4.78, 5) is 33.0. The van der Waals surface area contributed by atoms with Crippen molar-refractivity contribution in [3.8, 4) is 23.0 Å². The average Bonchev–Trinajstić information content (AvgIpc) is 3.42. The molecule has 0 saturated carbocycles. The van der Waals surface area contributed by atoms with E-state index in [0.29, 0.717) is 44.8 Å². The van der Waals surface area contributed by atoms with E-state index in [9.17, 15) is 9.59 Å². The summed E-state index contributed by atoms with van der Waals surface area (Å²) in [5, 5.41) is 5.92. The molecule has 204 valence electrons. The van der Waals surface area contributed by atoms with Gasteiger partial charge < -0.3 is 38.5 Å². The first-order valence-electron chi connectivity index (χ1n) is 12.9. The van der Waals surface area contributed by atoms with E-state index in [1.807, 2.05) is 12.1 Å². The van der Waals surface area contributed by atoms with Gasteiger partial charge in [-0.15, -0.1) is 0 Å². The molecule has 0 unspecified atom stereocenters. The molecule has 2 aromatic heterocycles. The molecule has 1 fully saturated rings. The van der Waals surface area contributed by atoms with Gasteiger partial charge in [0.25, 0.3) is 5.56 Å². The molecule has 1 N–H and O–H groups in total. The normalized spacial score (nSPS) is 15.2. The number of nitrogens with one attached hydrogen (secondary N) is 1. The first-order chi connectivity index (χ1) is 19.0. The number of methoxy groups -OCH3 is 2. The van der Waals surface area contributed by atoms with Crippen LogP contribution in [0.25, 0.3) is 32.6 Å². The largest absolute Gasteiger partial charge is 0.493 e. The van der Waals surface area contributed by atoms with Crippen molar-refractivity contribution in [2.24, 2.45) is 0 Å². The predicted octanol–water partition coefficient (Wildman–Crippen LogP) is 3.27. The Morgan fingerprint density at radius 1 is 1.03 bits per heavy atom. The molecule has 1 amide bonds. The number of hydrogen-bond acceptors (Lipinski definition) is 9. The highest BCUT2D eigenvalue weighted by molar-refractivity contribution is 6.15. The lowest BCUT2D eigenvalue weighted by Gasteiger charge is -2.26. The van der Waals surface area contributed by atoms with Crippen molar-refractivity contribution in [1.29, 1.82) is 0 Å². The molecule has 0 spiro atoms. The van der Waals surface area contributed by atoms with Gasteiger partial charge in [0.05, 0.1) is 30.6 Å². The Labute approximate surface area is 224 Å². The third-order valence-electron chi connectivity index (χ3n) is 7.42. The summed E-state index contributed by atoms with van der Waals surface area (Å²) in [6.45, 7) is 2.29. The van der Waals surface area contributed by atoms with Gasteiger partial charge in [-0.1, -0.05) is 0 Å². The van der Waals surface area contributed by atoms with Gasteiger partial charge in [-0.25, -0.2) is 4.79 Å². The molecule has 11 heteroatoms. The number of carbonyl (C=O) groups excluding carboxylic acids is 1. The maximum atomic E-state index is 14.0. The molecule has 0 radical (unpaired) electrons. The van der Waals surface area contributed by atoms with Crippen LogP contribution in [-0.4, -0.2) is 74.3 Å². The summed E-state index contributed by atoms with van der Waals surface area (Å²) in [6, 6.07) is 7.15. The number of likely N-dealkylation sites (N-methyl/N-ethyl adjacent to an activating group) is 1. The molecule has 1 saturated heterocycles. The fourth-order valence-electron chi connectivity index (χ4n) is 5.28. The third kappa shape index (κ3) is 4.42. The lowest BCUT2D eigenvalue weighted by atomic mass is 10.0. The van der Waals surface area contributed by atoms with Crippen molar-refractivity contribution < 1.29 is 28.5 Å². The second-order valence-corrected chi connectivity index (χ2v) is 9.71. The van der Waals surface area contributed by atoms with E-state index in [1.54, 1.807) is 37.1 Å². The number of benzene rings is 2. The van der Waals surface area contributed by atoms with E-state index in [-0.39, 0.29) is 31.5 Å². The number of piperidine rings is 1. The quantitative estimate of drug-likeness (QED) is 0.372. The summed E-state index contributed by atoms with van der Waals surface area (Å²) < 4.78 is 29.6. The average molecular weight is 535 g/mol. The Bertz CT molecular complexity index is 1650. The van der Waals surface area contributed by atoms with Gasteiger partial charge in [-0.05, 0) is 44.1 Å². The smallest absolute Gasteiger partial charge is 0.409 e. The molecular formula is C28H30N4O7. The van der Waals surface area contributed by atoms with Gasteiger partial charge in [-0.2, -0.15) is 0 Å². The molecule has 4 heterocycles. The summed E-state index contributed by atoms with van der Waals surface area (Å²) in [7, 11) is 4.77. The van der Waals surface area contributed by atoms with Gasteiger partial charge in [0.2, 0.25) is 6.79 Å². The van der Waals surface area contributed by atoms with Gasteiger partial charge in [-0.3, -0.25) is 9.78 Å². The predicted molar refractivity (Wildman–Crippen MR) is 145 cm³/mol. The number of amides is 1. The molecule has 2 aliphatic heterocycles. The zero-order valence-corrected chi connectivity index (χ0v) is 22.1. The molecule has 4 aromatic rings. The van der Waals surface area contributed by atoms with Crippen LogP contribution >= 0.6 is 0 Å². The van der Waals surface area contributed by atoms with Gasteiger partial charge in [0, 0.05) is 48.6 Å². The van der Waals surface area contributed by atoms with E-state index in [2.05, 4.69) is 10.3 Å². The maximum absolute atomic E-state index is 14.0. The number of fused-ring (bicyclic) bond motifs is 6. The molecule has 2 aliphatic rings. The van der Waals surface area contributed by atoms with Crippen LogP contribution in [-0.2, 0) is 11.3 Å².